The van der Waals surface area contributed by atoms with Crippen molar-refractivity contribution < 1.29 is 4.74 Å². The first-order chi connectivity index (χ1) is 9.72. The van der Waals surface area contributed by atoms with Crippen molar-refractivity contribution in [1.82, 2.24) is 9.97 Å². The predicted molar refractivity (Wildman–Crippen MR) is 84.1 cm³/mol. The fourth-order valence-corrected chi connectivity index (χ4v) is 2.09. The van der Waals surface area contributed by atoms with Gasteiger partial charge in [-0.1, -0.05) is 26.7 Å². The van der Waals surface area contributed by atoms with Gasteiger partial charge in [0.15, 0.2) is 0 Å². The Labute approximate surface area is 123 Å². The minimum absolute atomic E-state index is 0.598. The van der Waals surface area contributed by atoms with E-state index in [9.17, 15) is 0 Å². The Morgan fingerprint density at radius 3 is 2.30 bits per heavy atom. The van der Waals surface area contributed by atoms with E-state index in [1.165, 1.54) is 25.7 Å². The molecule has 4 nitrogen and oxygen atoms in total. The van der Waals surface area contributed by atoms with Crippen LogP contribution in [0, 0.1) is 6.92 Å². The molecule has 4 heteroatoms. The van der Waals surface area contributed by atoms with Crippen LogP contribution in [-0.2, 0) is 11.3 Å². The predicted octanol–water partition coefficient (Wildman–Crippen LogP) is 3.73. The summed E-state index contributed by atoms with van der Waals surface area (Å²) in [6, 6.07) is 0. The molecule has 0 aliphatic carbocycles. The Kier molecular flexibility index (Phi) is 8.19. The van der Waals surface area contributed by atoms with Gasteiger partial charge in [0.25, 0.3) is 0 Å². The van der Waals surface area contributed by atoms with Crippen LogP contribution >= 0.6 is 0 Å². The Balaban J connectivity index is 2.92. The number of unbranched alkanes of at least 4 members (excludes halogenated alkanes) is 2. The first-order valence-corrected chi connectivity index (χ1v) is 7.88. The highest BCUT2D eigenvalue weighted by Crippen LogP contribution is 2.19. The fourth-order valence-electron chi connectivity index (χ4n) is 2.09. The standard InChI is InChI=1S/C16H29N3O/c1-5-8-10-19(11-9-6-2)16-15(13-20-7-3)12-17-14(4)18-16/h12H,5-11,13H2,1-4H3. The van der Waals surface area contributed by atoms with Gasteiger partial charge in [-0.25, -0.2) is 9.97 Å². The third kappa shape index (κ3) is 5.45. The molecule has 1 rings (SSSR count). The molecule has 1 heterocycles. The fraction of sp³-hybridized carbons (Fsp3) is 0.750. The lowest BCUT2D eigenvalue weighted by molar-refractivity contribution is 0.134. The molecule has 114 valence electrons. The number of anilines is 1. The Bertz CT molecular complexity index is 374. The van der Waals surface area contributed by atoms with Crippen LogP contribution in [-0.4, -0.2) is 29.7 Å². The van der Waals surface area contributed by atoms with Crippen molar-refractivity contribution >= 4 is 5.82 Å². The lowest BCUT2D eigenvalue weighted by Crippen LogP contribution is -2.28. The number of hydrogen-bond donors (Lipinski definition) is 0. The van der Waals surface area contributed by atoms with Crippen molar-refractivity contribution in [3.8, 4) is 0 Å². The maximum atomic E-state index is 5.55. The van der Waals surface area contributed by atoms with Crippen molar-refractivity contribution in [2.75, 3.05) is 24.6 Å². The summed E-state index contributed by atoms with van der Waals surface area (Å²) in [4.78, 5) is 11.4. The number of hydrogen-bond acceptors (Lipinski definition) is 4. The number of rotatable bonds is 10. The summed E-state index contributed by atoms with van der Waals surface area (Å²) >= 11 is 0. The van der Waals surface area contributed by atoms with Gasteiger partial charge in [0.2, 0.25) is 0 Å². The Morgan fingerprint density at radius 2 is 1.75 bits per heavy atom. The van der Waals surface area contributed by atoms with Crippen molar-refractivity contribution in [3.63, 3.8) is 0 Å². The van der Waals surface area contributed by atoms with E-state index in [1.54, 1.807) is 0 Å². The number of nitrogens with zero attached hydrogens (tertiary/aromatic N) is 3. The maximum Gasteiger partial charge on any atom is 0.137 e. The van der Waals surface area contributed by atoms with Crippen LogP contribution in [0.25, 0.3) is 0 Å². The number of aromatic nitrogens is 2. The van der Waals surface area contributed by atoms with Crippen LogP contribution in [0.2, 0.25) is 0 Å². The Morgan fingerprint density at radius 1 is 1.10 bits per heavy atom. The summed E-state index contributed by atoms with van der Waals surface area (Å²) in [6.07, 6.45) is 6.71. The molecule has 1 aromatic heterocycles. The molecular formula is C16H29N3O. The van der Waals surface area contributed by atoms with Gasteiger partial charge in [-0.05, 0) is 26.7 Å². The lowest BCUT2D eigenvalue weighted by atomic mass is 10.2. The SMILES string of the molecule is CCCCN(CCCC)c1nc(C)ncc1COCC. The highest BCUT2D eigenvalue weighted by Gasteiger charge is 2.13. The van der Waals surface area contributed by atoms with E-state index < -0.39 is 0 Å². The molecule has 0 atom stereocenters. The van der Waals surface area contributed by atoms with Gasteiger partial charge in [0, 0.05) is 31.5 Å². The normalized spacial score (nSPS) is 10.8. The van der Waals surface area contributed by atoms with Crippen molar-refractivity contribution in [2.24, 2.45) is 0 Å². The molecular weight excluding hydrogens is 250 g/mol. The van der Waals surface area contributed by atoms with E-state index in [0.29, 0.717) is 6.61 Å². The third-order valence-corrected chi connectivity index (χ3v) is 3.29. The summed E-state index contributed by atoms with van der Waals surface area (Å²) < 4.78 is 5.55. The molecule has 0 unspecified atom stereocenters. The van der Waals surface area contributed by atoms with Gasteiger partial charge >= 0.3 is 0 Å². The average molecular weight is 279 g/mol. The van der Waals surface area contributed by atoms with Crippen LogP contribution in [0.5, 0.6) is 0 Å². The molecule has 0 aliphatic heterocycles. The highest BCUT2D eigenvalue weighted by atomic mass is 16.5. The molecule has 0 radical (unpaired) electrons. The van der Waals surface area contributed by atoms with Crippen LogP contribution in [0.4, 0.5) is 5.82 Å². The van der Waals surface area contributed by atoms with Crippen LogP contribution in [0.1, 0.15) is 57.8 Å². The van der Waals surface area contributed by atoms with Crippen molar-refractivity contribution in [3.05, 3.63) is 17.6 Å². The van der Waals surface area contributed by atoms with E-state index in [-0.39, 0.29) is 0 Å². The van der Waals surface area contributed by atoms with Gasteiger partial charge in [-0.15, -0.1) is 0 Å². The topological polar surface area (TPSA) is 38.2 Å². The number of aryl methyl sites for hydroxylation is 1. The average Bonchev–Trinajstić information content (AvgIpc) is 2.46. The molecule has 0 bridgehead atoms. The van der Waals surface area contributed by atoms with Crippen molar-refractivity contribution in [1.29, 1.82) is 0 Å². The Hall–Kier alpha value is -1.16. The smallest absolute Gasteiger partial charge is 0.137 e. The zero-order valence-corrected chi connectivity index (χ0v) is 13.5. The van der Waals surface area contributed by atoms with E-state index in [1.807, 2.05) is 20.0 Å². The molecule has 0 N–H and O–H groups in total. The van der Waals surface area contributed by atoms with Crippen LogP contribution < -0.4 is 4.90 Å². The largest absolute Gasteiger partial charge is 0.377 e. The summed E-state index contributed by atoms with van der Waals surface area (Å²) in [6.45, 7) is 11.9. The summed E-state index contributed by atoms with van der Waals surface area (Å²) in [7, 11) is 0. The van der Waals surface area contributed by atoms with Gasteiger partial charge in [-0.2, -0.15) is 0 Å². The van der Waals surface area contributed by atoms with E-state index in [4.69, 9.17) is 4.74 Å². The second kappa shape index (κ2) is 9.70. The molecule has 0 saturated carbocycles. The van der Waals surface area contributed by atoms with Gasteiger partial charge in [0.1, 0.15) is 11.6 Å². The first kappa shape index (κ1) is 16.9. The van der Waals surface area contributed by atoms with Gasteiger partial charge in [-0.3, -0.25) is 0 Å². The lowest BCUT2D eigenvalue weighted by Gasteiger charge is -2.26. The van der Waals surface area contributed by atoms with Crippen molar-refractivity contribution in [2.45, 2.75) is 60.0 Å². The first-order valence-electron chi connectivity index (χ1n) is 7.88. The molecule has 0 saturated heterocycles. The molecule has 0 spiro atoms. The van der Waals surface area contributed by atoms with Crippen LogP contribution in [0.15, 0.2) is 6.20 Å². The van der Waals surface area contributed by atoms with Gasteiger partial charge in [0.05, 0.1) is 6.61 Å². The van der Waals surface area contributed by atoms with Gasteiger partial charge < -0.3 is 9.64 Å². The minimum atomic E-state index is 0.598. The molecule has 1 aromatic rings. The zero-order valence-electron chi connectivity index (χ0n) is 13.5. The maximum absolute atomic E-state index is 5.55. The minimum Gasteiger partial charge on any atom is -0.377 e. The molecule has 0 aromatic carbocycles. The highest BCUT2D eigenvalue weighted by molar-refractivity contribution is 5.45. The van der Waals surface area contributed by atoms with E-state index in [2.05, 4.69) is 28.7 Å². The quantitative estimate of drug-likeness (QED) is 0.654. The summed E-state index contributed by atoms with van der Waals surface area (Å²) in [5.41, 5.74) is 1.10. The van der Waals surface area contributed by atoms with Crippen LogP contribution in [0.3, 0.4) is 0 Å². The molecule has 0 amide bonds. The zero-order chi connectivity index (χ0) is 14.8. The monoisotopic (exact) mass is 279 g/mol. The number of ether oxygens (including phenoxy) is 1. The second-order valence-electron chi connectivity index (χ2n) is 5.10. The summed E-state index contributed by atoms with van der Waals surface area (Å²) in [5.74, 6) is 1.89. The molecule has 0 aliphatic rings. The second-order valence-corrected chi connectivity index (χ2v) is 5.10. The summed E-state index contributed by atoms with van der Waals surface area (Å²) in [5, 5.41) is 0. The van der Waals surface area contributed by atoms with E-state index in [0.717, 1.165) is 36.9 Å². The molecule has 0 fully saturated rings. The van der Waals surface area contributed by atoms with E-state index >= 15 is 0 Å². The molecule has 20 heavy (non-hydrogen) atoms. The third-order valence-electron chi connectivity index (χ3n) is 3.29.